The van der Waals surface area contributed by atoms with Crippen molar-refractivity contribution < 1.29 is 14.6 Å². The van der Waals surface area contributed by atoms with Gasteiger partial charge in [-0.25, -0.2) is 0 Å². The van der Waals surface area contributed by atoms with Crippen molar-refractivity contribution in [2.75, 3.05) is 20.0 Å². The van der Waals surface area contributed by atoms with E-state index in [-0.39, 0.29) is 11.4 Å². The topological polar surface area (TPSA) is 64.7 Å². The molecule has 0 heterocycles. The number of benzene rings is 1. The summed E-state index contributed by atoms with van der Waals surface area (Å²) in [7, 11) is 2.97. The summed E-state index contributed by atoms with van der Waals surface area (Å²) in [5.41, 5.74) is 5.70. The van der Waals surface area contributed by atoms with Gasteiger partial charge in [0.2, 0.25) is 0 Å². The molecule has 12 heavy (non-hydrogen) atoms. The summed E-state index contributed by atoms with van der Waals surface area (Å²) in [6.07, 6.45) is 0. The smallest absolute Gasteiger partial charge is 0.181 e. The van der Waals surface area contributed by atoms with Gasteiger partial charge in [0.25, 0.3) is 0 Å². The third-order valence-corrected chi connectivity index (χ3v) is 1.53. The number of nitrogen functional groups attached to an aromatic ring is 1. The molecule has 0 aliphatic heterocycles. The standard InChI is InChI=1S/C8H11NO3/c1-11-5-3-6(9)8(10)7(4-5)12-2/h3-4,10H,9H2,1-2H3. The predicted octanol–water partition coefficient (Wildman–Crippen LogP) is 0.992. The number of phenolic OH excluding ortho intramolecular Hbond substituents is 1. The summed E-state index contributed by atoms with van der Waals surface area (Å²) in [4.78, 5) is 0. The van der Waals surface area contributed by atoms with E-state index in [1.54, 1.807) is 6.07 Å². The van der Waals surface area contributed by atoms with Crippen LogP contribution in [0, 0.1) is 0 Å². The van der Waals surface area contributed by atoms with Crippen LogP contribution in [0.5, 0.6) is 17.2 Å². The number of hydrogen-bond acceptors (Lipinski definition) is 4. The first-order chi connectivity index (χ1) is 5.69. The van der Waals surface area contributed by atoms with E-state index in [0.717, 1.165) is 0 Å². The van der Waals surface area contributed by atoms with Crippen LogP contribution in [-0.4, -0.2) is 19.3 Å². The summed E-state index contributed by atoms with van der Waals surface area (Å²) in [5, 5.41) is 9.31. The van der Waals surface area contributed by atoms with Crippen LogP contribution in [0.15, 0.2) is 12.1 Å². The van der Waals surface area contributed by atoms with Gasteiger partial charge in [-0.15, -0.1) is 0 Å². The minimum Gasteiger partial charge on any atom is -0.503 e. The molecule has 0 saturated carbocycles. The second-order valence-corrected chi connectivity index (χ2v) is 2.27. The van der Waals surface area contributed by atoms with Gasteiger partial charge in [0.05, 0.1) is 19.9 Å². The molecule has 0 amide bonds. The van der Waals surface area contributed by atoms with Crippen LogP contribution in [0.25, 0.3) is 0 Å². The maximum Gasteiger partial charge on any atom is 0.181 e. The highest BCUT2D eigenvalue weighted by Crippen LogP contribution is 2.35. The van der Waals surface area contributed by atoms with E-state index in [1.165, 1.54) is 20.3 Å². The highest BCUT2D eigenvalue weighted by Gasteiger charge is 2.07. The number of nitrogens with two attached hydrogens (primary N) is 1. The van der Waals surface area contributed by atoms with Crippen molar-refractivity contribution in [1.29, 1.82) is 0 Å². The van der Waals surface area contributed by atoms with E-state index in [4.69, 9.17) is 15.2 Å². The second kappa shape index (κ2) is 3.21. The minimum absolute atomic E-state index is 0.0571. The van der Waals surface area contributed by atoms with Gasteiger partial charge in [0, 0.05) is 12.1 Å². The average Bonchev–Trinajstić information content (AvgIpc) is 2.09. The molecule has 0 saturated heterocycles. The Morgan fingerprint density at radius 1 is 1.25 bits per heavy atom. The molecule has 0 aliphatic rings. The number of ether oxygens (including phenoxy) is 2. The van der Waals surface area contributed by atoms with Gasteiger partial charge in [-0.3, -0.25) is 0 Å². The summed E-state index contributed by atoms with van der Waals surface area (Å²) in [6.45, 7) is 0. The SMILES string of the molecule is COc1cc(N)c(O)c(OC)c1. The Morgan fingerprint density at radius 3 is 2.42 bits per heavy atom. The molecule has 4 heteroatoms. The molecule has 0 fully saturated rings. The van der Waals surface area contributed by atoms with E-state index in [2.05, 4.69) is 0 Å². The predicted molar refractivity (Wildman–Crippen MR) is 45.6 cm³/mol. The van der Waals surface area contributed by atoms with Crippen LogP contribution in [0.3, 0.4) is 0 Å². The Morgan fingerprint density at radius 2 is 1.92 bits per heavy atom. The molecule has 1 aromatic rings. The Labute approximate surface area is 70.5 Å². The van der Waals surface area contributed by atoms with Gasteiger partial charge in [0.1, 0.15) is 5.75 Å². The monoisotopic (exact) mass is 169 g/mol. The molecular formula is C8H11NO3. The van der Waals surface area contributed by atoms with Gasteiger partial charge in [0.15, 0.2) is 11.5 Å². The number of phenols is 1. The van der Waals surface area contributed by atoms with Crippen LogP contribution in [-0.2, 0) is 0 Å². The van der Waals surface area contributed by atoms with Crippen molar-refractivity contribution >= 4 is 5.69 Å². The molecule has 0 unspecified atom stereocenters. The zero-order valence-corrected chi connectivity index (χ0v) is 7.00. The highest BCUT2D eigenvalue weighted by molar-refractivity contribution is 5.62. The van der Waals surface area contributed by atoms with Crippen molar-refractivity contribution in [1.82, 2.24) is 0 Å². The van der Waals surface area contributed by atoms with Crippen LogP contribution in [0.1, 0.15) is 0 Å². The van der Waals surface area contributed by atoms with Gasteiger partial charge in [-0.2, -0.15) is 0 Å². The molecule has 3 N–H and O–H groups in total. The fourth-order valence-electron chi connectivity index (χ4n) is 0.877. The van der Waals surface area contributed by atoms with E-state index >= 15 is 0 Å². The van der Waals surface area contributed by atoms with Crippen molar-refractivity contribution in [2.45, 2.75) is 0 Å². The third kappa shape index (κ3) is 1.37. The molecule has 0 aromatic heterocycles. The average molecular weight is 169 g/mol. The van der Waals surface area contributed by atoms with Gasteiger partial charge < -0.3 is 20.3 Å². The molecule has 0 radical (unpaired) electrons. The largest absolute Gasteiger partial charge is 0.503 e. The van der Waals surface area contributed by atoms with Crippen LogP contribution >= 0.6 is 0 Å². The molecule has 66 valence electrons. The minimum atomic E-state index is -0.0571. The molecule has 0 bridgehead atoms. The first kappa shape index (κ1) is 8.52. The van der Waals surface area contributed by atoms with Crippen LogP contribution in [0.2, 0.25) is 0 Å². The normalized spacial score (nSPS) is 9.50. The van der Waals surface area contributed by atoms with Gasteiger partial charge in [-0.1, -0.05) is 0 Å². The molecule has 0 spiro atoms. The van der Waals surface area contributed by atoms with Gasteiger partial charge >= 0.3 is 0 Å². The Bertz CT molecular complexity index is 286. The second-order valence-electron chi connectivity index (χ2n) is 2.27. The number of rotatable bonds is 2. The van der Waals surface area contributed by atoms with Crippen molar-refractivity contribution in [3.05, 3.63) is 12.1 Å². The van der Waals surface area contributed by atoms with E-state index in [0.29, 0.717) is 11.5 Å². The van der Waals surface area contributed by atoms with Crippen LogP contribution in [0.4, 0.5) is 5.69 Å². The van der Waals surface area contributed by atoms with E-state index < -0.39 is 0 Å². The lowest BCUT2D eigenvalue weighted by Crippen LogP contribution is -1.92. The molecule has 0 atom stereocenters. The molecule has 4 nitrogen and oxygen atoms in total. The van der Waals surface area contributed by atoms with E-state index in [1.807, 2.05) is 0 Å². The summed E-state index contributed by atoms with van der Waals surface area (Å²) in [6, 6.07) is 3.09. The molecule has 1 rings (SSSR count). The number of aromatic hydroxyl groups is 1. The number of anilines is 1. The summed E-state index contributed by atoms with van der Waals surface area (Å²) in [5.74, 6) is 0.812. The summed E-state index contributed by atoms with van der Waals surface area (Å²) < 4.78 is 9.78. The lowest BCUT2D eigenvalue weighted by molar-refractivity contribution is 0.366. The Hall–Kier alpha value is -1.58. The Kier molecular flexibility index (Phi) is 2.28. The number of methoxy groups -OCH3 is 2. The first-order valence-corrected chi connectivity index (χ1v) is 3.39. The third-order valence-electron chi connectivity index (χ3n) is 1.53. The lowest BCUT2D eigenvalue weighted by Gasteiger charge is -2.07. The quantitative estimate of drug-likeness (QED) is 0.512. The summed E-state index contributed by atoms with van der Waals surface area (Å²) >= 11 is 0. The zero-order chi connectivity index (χ0) is 9.14. The molecule has 1 aromatic carbocycles. The van der Waals surface area contributed by atoms with Crippen molar-refractivity contribution in [3.63, 3.8) is 0 Å². The van der Waals surface area contributed by atoms with Crippen molar-refractivity contribution in [3.8, 4) is 17.2 Å². The molecular weight excluding hydrogens is 158 g/mol. The van der Waals surface area contributed by atoms with Crippen LogP contribution < -0.4 is 15.2 Å². The van der Waals surface area contributed by atoms with Crippen molar-refractivity contribution in [2.24, 2.45) is 0 Å². The fraction of sp³-hybridized carbons (Fsp3) is 0.250. The lowest BCUT2D eigenvalue weighted by atomic mass is 10.2. The zero-order valence-electron chi connectivity index (χ0n) is 7.00. The van der Waals surface area contributed by atoms with E-state index in [9.17, 15) is 5.11 Å². The Balaban J connectivity index is 3.19. The maximum absolute atomic E-state index is 9.31. The molecule has 0 aliphatic carbocycles. The fourth-order valence-corrected chi connectivity index (χ4v) is 0.877. The van der Waals surface area contributed by atoms with Gasteiger partial charge in [-0.05, 0) is 0 Å². The highest BCUT2D eigenvalue weighted by atomic mass is 16.5. The number of hydrogen-bond donors (Lipinski definition) is 2. The first-order valence-electron chi connectivity index (χ1n) is 3.39. The maximum atomic E-state index is 9.31.